The number of nitrogens with zero attached hydrogens (tertiary/aromatic N) is 6. The van der Waals surface area contributed by atoms with E-state index in [0.29, 0.717) is 11.4 Å². The van der Waals surface area contributed by atoms with Gasteiger partial charge in [-0.25, -0.2) is 9.80 Å². The summed E-state index contributed by atoms with van der Waals surface area (Å²) in [6, 6.07) is 25.9. The second kappa shape index (κ2) is 11.5. The highest BCUT2D eigenvalue weighted by atomic mass is 16.2. The predicted octanol–water partition coefficient (Wildman–Crippen LogP) is 5.86. The zero-order valence-corrected chi connectivity index (χ0v) is 26.3. The lowest BCUT2D eigenvalue weighted by Gasteiger charge is -2.36. The molecule has 9 rings (SSSR count). The molecule has 2 aliphatic heterocycles. The van der Waals surface area contributed by atoms with Crippen LogP contribution in [0.15, 0.2) is 135 Å². The highest BCUT2D eigenvalue weighted by Gasteiger charge is 2.73. The molecule has 0 spiro atoms. The van der Waals surface area contributed by atoms with Gasteiger partial charge < -0.3 is 0 Å². The summed E-state index contributed by atoms with van der Waals surface area (Å²) < 4.78 is 0. The van der Waals surface area contributed by atoms with Crippen LogP contribution in [0.1, 0.15) is 0 Å². The van der Waals surface area contributed by atoms with Crippen LogP contribution in [0.25, 0.3) is 44.5 Å². The van der Waals surface area contributed by atoms with E-state index in [2.05, 4.69) is 19.9 Å². The number of hydrogen-bond acceptors (Lipinski definition) is 8. The van der Waals surface area contributed by atoms with Crippen LogP contribution in [0.2, 0.25) is 0 Å². The van der Waals surface area contributed by atoms with Gasteiger partial charge in [-0.15, -0.1) is 0 Å². The molecule has 0 radical (unpaired) electrons. The zero-order valence-electron chi connectivity index (χ0n) is 26.3. The van der Waals surface area contributed by atoms with E-state index in [-0.39, 0.29) is 0 Å². The number of carbonyl (C=O) groups excluding carboxylic acids is 4. The van der Waals surface area contributed by atoms with Gasteiger partial charge in [-0.3, -0.25) is 39.1 Å². The molecule has 4 unspecified atom stereocenters. The van der Waals surface area contributed by atoms with Crippen LogP contribution in [-0.4, -0.2) is 43.6 Å². The molecule has 4 aromatic heterocycles. The van der Waals surface area contributed by atoms with Crippen molar-refractivity contribution in [3.8, 4) is 44.5 Å². The van der Waals surface area contributed by atoms with E-state index >= 15 is 0 Å². The topological polar surface area (TPSA) is 126 Å². The summed E-state index contributed by atoms with van der Waals surface area (Å²) in [4.78, 5) is 75.8. The fraction of sp³-hybridized carbons (Fsp3) is 0.100. The average molecular weight is 655 g/mol. The lowest BCUT2D eigenvalue weighted by Crippen LogP contribution is -2.50. The molecule has 1 saturated carbocycles. The molecular weight excluding hydrogens is 628 g/mol. The quantitative estimate of drug-likeness (QED) is 0.205. The van der Waals surface area contributed by atoms with Crippen molar-refractivity contribution in [3.63, 3.8) is 0 Å². The Morgan fingerprint density at radius 2 is 0.700 bits per heavy atom. The molecule has 3 fully saturated rings. The normalized spacial score (nSPS) is 20.9. The highest BCUT2D eigenvalue weighted by molar-refractivity contribution is 6.32. The van der Waals surface area contributed by atoms with Crippen molar-refractivity contribution in [3.05, 3.63) is 135 Å². The summed E-state index contributed by atoms with van der Waals surface area (Å²) >= 11 is 0. The Labute approximate surface area is 286 Å². The number of benzene rings is 2. The van der Waals surface area contributed by atoms with Gasteiger partial charge in [-0.1, -0.05) is 12.1 Å². The molecule has 2 aromatic carbocycles. The van der Waals surface area contributed by atoms with Crippen molar-refractivity contribution in [1.82, 2.24) is 19.9 Å². The van der Waals surface area contributed by atoms with Crippen LogP contribution in [0, 0.1) is 23.7 Å². The first-order chi connectivity index (χ1) is 24.5. The van der Waals surface area contributed by atoms with Crippen LogP contribution in [0.3, 0.4) is 0 Å². The van der Waals surface area contributed by atoms with E-state index in [4.69, 9.17) is 0 Å². The molecule has 4 amide bonds. The van der Waals surface area contributed by atoms with E-state index < -0.39 is 47.3 Å². The molecular formula is C40H26N6O4. The van der Waals surface area contributed by atoms with Crippen molar-refractivity contribution in [1.29, 1.82) is 0 Å². The molecule has 6 aromatic rings. The summed E-state index contributed by atoms with van der Waals surface area (Å²) in [5, 5.41) is 0. The molecule has 10 nitrogen and oxygen atoms in total. The summed E-state index contributed by atoms with van der Waals surface area (Å²) in [6.45, 7) is 0. The first-order valence-corrected chi connectivity index (χ1v) is 16.2. The van der Waals surface area contributed by atoms with Crippen molar-refractivity contribution in [2.45, 2.75) is 0 Å². The van der Waals surface area contributed by atoms with Crippen LogP contribution >= 0.6 is 0 Å². The number of carbonyl (C=O) groups is 4. The minimum atomic E-state index is -0.930. The maximum absolute atomic E-state index is 14.2. The number of anilines is 2. The summed E-state index contributed by atoms with van der Waals surface area (Å²) in [7, 11) is 0. The van der Waals surface area contributed by atoms with Gasteiger partial charge in [0.1, 0.15) is 0 Å². The van der Waals surface area contributed by atoms with Crippen LogP contribution in [0.5, 0.6) is 0 Å². The molecule has 6 heterocycles. The number of hydrogen-bond donors (Lipinski definition) is 0. The van der Waals surface area contributed by atoms with Crippen LogP contribution < -0.4 is 9.80 Å². The van der Waals surface area contributed by atoms with Gasteiger partial charge in [-0.05, 0) is 106 Å². The number of fused-ring (bicyclic) bond motifs is 4. The molecule has 0 bridgehead atoms. The summed E-state index contributed by atoms with van der Waals surface area (Å²) in [5.74, 6) is -5.62. The van der Waals surface area contributed by atoms with Gasteiger partial charge in [-0.2, -0.15) is 0 Å². The Balaban J connectivity index is 1.08. The van der Waals surface area contributed by atoms with Gasteiger partial charge in [0, 0.05) is 60.7 Å². The van der Waals surface area contributed by atoms with Crippen LogP contribution in [0.4, 0.5) is 11.4 Å². The Kier molecular flexibility index (Phi) is 6.77. The Morgan fingerprint density at radius 3 is 1.02 bits per heavy atom. The van der Waals surface area contributed by atoms with Crippen molar-refractivity contribution < 1.29 is 19.2 Å². The monoisotopic (exact) mass is 654 g/mol. The Morgan fingerprint density at radius 1 is 0.360 bits per heavy atom. The third-order valence-electron chi connectivity index (χ3n) is 9.94. The molecule has 1 aliphatic carbocycles. The number of amides is 4. The maximum Gasteiger partial charge on any atom is 0.238 e. The SMILES string of the molecule is O=C1C2C(C(=O)N1c1cc(-c3ccncc3)cc(-c3ccncc3)c1)C1C(=O)N(c3cc(-c4cccnc4)cc(-c4cccnc4)c3)C(=O)C21. The summed E-state index contributed by atoms with van der Waals surface area (Å²) in [6.07, 6.45) is 13.5. The molecule has 0 N–H and O–H groups in total. The molecule has 240 valence electrons. The molecule has 50 heavy (non-hydrogen) atoms. The van der Waals surface area contributed by atoms with Crippen LogP contribution in [-0.2, 0) is 19.2 Å². The smallest absolute Gasteiger partial charge is 0.238 e. The molecule has 10 heteroatoms. The minimum absolute atomic E-state index is 0.372. The highest BCUT2D eigenvalue weighted by Crippen LogP contribution is 2.58. The number of imide groups is 2. The van der Waals surface area contributed by atoms with E-state index in [1.54, 1.807) is 73.8 Å². The minimum Gasteiger partial charge on any atom is -0.274 e. The van der Waals surface area contributed by atoms with Gasteiger partial charge in [0.05, 0.1) is 35.0 Å². The lowest BCUT2D eigenvalue weighted by molar-refractivity contribution is -0.146. The molecule has 4 atom stereocenters. The lowest BCUT2D eigenvalue weighted by atomic mass is 9.59. The fourth-order valence-electron chi connectivity index (χ4n) is 7.60. The van der Waals surface area contributed by atoms with E-state index in [9.17, 15) is 19.2 Å². The predicted molar refractivity (Wildman–Crippen MR) is 185 cm³/mol. The number of rotatable bonds is 6. The maximum atomic E-state index is 14.2. The molecule has 3 aliphatic rings. The first kappa shape index (κ1) is 29.5. The standard InChI is InChI=1S/C40H26N6O4/c47-37-33-34(38(48)45(37)31-17-27(23-5-11-41-12-6-23)15-28(18-31)24-7-13-42-14-8-24)36-35(33)39(49)46(40(36)50)32-19-29(25-3-1-9-43-21-25)16-30(20-32)26-4-2-10-44-22-26/h1-22,33-36H. The van der Waals surface area contributed by atoms with Crippen molar-refractivity contribution in [2.75, 3.05) is 9.80 Å². The van der Waals surface area contributed by atoms with E-state index in [0.717, 1.165) is 54.3 Å². The summed E-state index contributed by atoms with van der Waals surface area (Å²) in [5.41, 5.74) is 7.17. The van der Waals surface area contributed by atoms with Gasteiger partial charge in [0.25, 0.3) is 0 Å². The second-order valence-corrected chi connectivity index (χ2v) is 12.6. The van der Waals surface area contributed by atoms with Gasteiger partial charge in [0.2, 0.25) is 23.6 Å². The Hall–Kier alpha value is -6.68. The Bertz CT molecular complexity index is 2010. The van der Waals surface area contributed by atoms with E-state index in [1.165, 1.54) is 0 Å². The molecule has 2 saturated heterocycles. The van der Waals surface area contributed by atoms with Gasteiger partial charge >= 0.3 is 0 Å². The number of pyridine rings is 4. The average Bonchev–Trinajstić information content (AvgIpc) is 3.49. The second-order valence-electron chi connectivity index (χ2n) is 12.6. The first-order valence-electron chi connectivity index (χ1n) is 16.2. The number of aromatic nitrogens is 4. The largest absolute Gasteiger partial charge is 0.274 e. The third-order valence-corrected chi connectivity index (χ3v) is 9.94. The third kappa shape index (κ3) is 4.56. The van der Waals surface area contributed by atoms with Crippen molar-refractivity contribution >= 4 is 35.0 Å². The van der Waals surface area contributed by atoms with E-state index in [1.807, 2.05) is 60.7 Å². The fourth-order valence-corrected chi connectivity index (χ4v) is 7.60. The van der Waals surface area contributed by atoms with Gasteiger partial charge in [0.15, 0.2) is 0 Å². The zero-order chi connectivity index (χ0) is 33.9. The van der Waals surface area contributed by atoms with Crippen molar-refractivity contribution in [2.24, 2.45) is 23.7 Å².